The fourth-order valence-electron chi connectivity index (χ4n) is 3.49. The predicted octanol–water partition coefficient (Wildman–Crippen LogP) is 3.74. The van der Waals surface area contributed by atoms with Gasteiger partial charge in [0.05, 0.1) is 5.56 Å². The van der Waals surface area contributed by atoms with Gasteiger partial charge in [0.25, 0.3) is 0 Å². The summed E-state index contributed by atoms with van der Waals surface area (Å²) in [4.78, 5) is 13.7. The van der Waals surface area contributed by atoms with Crippen molar-refractivity contribution in [3.8, 4) is 0 Å². The molecule has 3 rings (SSSR count). The van der Waals surface area contributed by atoms with E-state index in [0.717, 1.165) is 24.0 Å². The van der Waals surface area contributed by atoms with Gasteiger partial charge in [0, 0.05) is 29.7 Å². The molecule has 4 nitrogen and oxygen atoms in total. The molecule has 0 saturated carbocycles. The van der Waals surface area contributed by atoms with Crippen molar-refractivity contribution in [2.75, 3.05) is 13.1 Å². The van der Waals surface area contributed by atoms with Gasteiger partial charge in [0.15, 0.2) is 0 Å². The van der Waals surface area contributed by atoms with Gasteiger partial charge in [-0.15, -0.1) is 0 Å². The fourth-order valence-corrected chi connectivity index (χ4v) is 3.49. The molecule has 0 radical (unpaired) electrons. The lowest BCUT2D eigenvalue weighted by molar-refractivity contribution is 0.0697. The second kappa shape index (κ2) is 6.53. The average Bonchev–Trinajstić information content (AvgIpc) is 2.67. The number of aromatic nitrogens is 1. The maximum absolute atomic E-state index is 11.1. The first-order valence-corrected chi connectivity index (χ1v) is 8.27. The summed E-state index contributed by atoms with van der Waals surface area (Å²) in [5.41, 5.74) is 2.79. The summed E-state index contributed by atoms with van der Waals surface area (Å²) in [5.74, 6) is -0.861. The molecule has 0 unspecified atom stereocenters. The van der Waals surface area contributed by atoms with Crippen LogP contribution in [0.25, 0.3) is 10.9 Å². The van der Waals surface area contributed by atoms with Crippen LogP contribution in [0, 0.1) is 0 Å². The van der Waals surface area contributed by atoms with Crippen LogP contribution in [0.3, 0.4) is 0 Å². The third kappa shape index (κ3) is 3.02. The smallest absolute Gasteiger partial charge is 0.335 e. The molecule has 0 aliphatic carbocycles. The summed E-state index contributed by atoms with van der Waals surface area (Å²) in [6.45, 7) is 6.37. The highest BCUT2D eigenvalue weighted by Crippen LogP contribution is 2.23. The summed E-state index contributed by atoms with van der Waals surface area (Å²) in [6.07, 6.45) is 5.26. The molecule has 0 bridgehead atoms. The summed E-state index contributed by atoms with van der Waals surface area (Å²) < 4.78 is 2.31. The molecule has 4 heteroatoms. The molecular formula is C18H24N2O2. The first-order chi connectivity index (χ1) is 10.7. The normalized spacial score (nSPS) is 16.8. The second-order valence-corrected chi connectivity index (χ2v) is 6.15. The Balaban J connectivity index is 1.92. The van der Waals surface area contributed by atoms with E-state index in [-0.39, 0.29) is 0 Å². The Morgan fingerprint density at radius 3 is 2.50 bits per heavy atom. The summed E-state index contributed by atoms with van der Waals surface area (Å²) in [5, 5.41) is 10.2. The number of hydrogen-bond donors (Lipinski definition) is 1. The Kier molecular flexibility index (Phi) is 4.48. The molecule has 1 saturated heterocycles. The zero-order valence-electron chi connectivity index (χ0n) is 13.2. The van der Waals surface area contributed by atoms with Crippen LogP contribution in [-0.4, -0.2) is 33.6 Å². The fraction of sp³-hybridized carbons (Fsp3) is 0.500. The van der Waals surface area contributed by atoms with Gasteiger partial charge in [0.2, 0.25) is 0 Å². The zero-order chi connectivity index (χ0) is 15.5. The molecular weight excluding hydrogens is 276 g/mol. The Hall–Kier alpha value is -1.81. The monoisotopic (exact) mass is 300 g/mol. The van der Waals surface area contributed by atoms with E-state index in [9.17, 15) is 4.79 Å². The van der Waals surface area contributed by atoms with E-state index in [4.69, 9.17) is 5.11 Å². The molecule has 1 aliphatic rings. The number of benzene rings is 1. The summed E-state index contributed by atoms with van der Waals surface area (Å²) in [7, 11) is 0. The topological polar surface area (TPSA) is 45.5 Å². The zero-order valence-corrected chi connectivity index (χ0v) is 13.2. The molecule has 22 heavy (non-hydrogen) atoms. The minimum Gasteiger partial charge on any atom is -0.478 e. The summed E-state index contributed by atoms with van der Waals surface area (Å²) >= 11 is 0. The number of rotatable bonds is 4. The molecule has 1 aromatic heterocycles. The highest BCUT2D eigenvalue weighted by atomic mass is 16.4. The van der Waals surface area contributed by atoms with E-state index >= 15 is 0 Å². The lowest BCUT2D eigenvalue weighted by Gasteiger charge is -2.20. The van der Waals surface area contributed by atoms with E-state index in [2.05, 4.69) is 22.5 Å². The average molecular weight is 300 g/mol. The number of aryl methyl sites for hydroxylation is 1. The largest absolute Gasteiger partial charge is 0.478 e. The van der Waals surface area contributed by atoms with Gasteiger partial charge >= 0.3 is 5.97 Å². The van der Waals surface area contributed by atoms with Crippen LogP contribution in [-0.2, 0) is 13.1 Å². The molecule has 0 amide bonds. The van der Waals surface area contributed by atoms with Crippen LogP contribution in [0.4, 0.5) is 0 Å². The number of hydrogen-bond acceptors (Lipinski definition) is 2. The Bertz CT molecular complexity index is 667. The summed E-state index contributed by atoms with van der Waals surface area (Å²) in [6, 6.07) is 7.59. The number of carboxylic acids is 1. The number of likely N-dealkylation sites (tertiary alicyclic amines) is 1. The highest BCUT2D eigenvalue weighted by molar-refractivity contribution is 5.94. The Morgan fingerprint density at radius 1 is 1.14 bits per heavy atom. The van der Waals surface area contributed by atoms with Gasteiger partial charge in [-0.25, -0.2) is 4.79 Å². The number of carbonyl (C=O) groups is 1. The van der Waals surface area contributed by atoms with Gasteiger partial charge in [-0.3, -0.25) is 4.90 Å². The van der Waals surface area contributed by atoms with Crippen LogP contribution in [0.15, 0.2) is 24.3 Å². The molecule has 2 aromatic rings. The van der Waals surface area contributed by atoms with Gasteiger partial charge in [-0.1, -0.05) is 12.8 Å². The molecule has 2 heterocycles. The first kappa shape index (κ1) is 15.1. The number of aromatic carboxylic acids is 1. The quantitative estimate of drug-likeness (QED) is 0.935. The minimum absolute atomic E-state index is 0.363. The number of carboxylic acid groups (broad SMARTS) is 1. The van der Waals surface area contributed by atoms with E-state index in [1.165, 1.54) is 44.5 Å². The van der Waals surface area contributed by atoms with Gasteiger partial charge in [-0.2, -0.15) is 0 Å². The van der Waals surface area contributed by atoms with Crippen molar-refractivity contribution < 1.29 is 9.90 Å². The van der Waals surface area contributed by atoms with Crippen molar-refractivity contribution >= 4 is 16.9 Å². The van der Waals surface area contributed by atoms with Crippen LogP contribution >= 0.6 is 0 Å². The number of nitrogens with zero attached hydrogens (tertiary/aromatic N) is 2. The van der Waals surface area contributed by atoms with Crippen LogP contribution < -0.4 is 0 Å². The highest BCUT2D eigenvalue weighted by Gasteiger charge is 2.15. The SMILES string of the molecule is CCn1c(CN2CCCCCC2)cc2cc(C(=O)O)ccc21. The lowest BCUT2D eigenvalue weighted by Crippen LogP contribution is -2.25. The Morgan fingerprint density at radius 2 is 1.86 bits per heavy atom. The molecule has 1 aromatic carbocycles. The van der Waals surface area contributed by atoms with Crippen LogP contribution in [0.1, 0.15) is 48.7 Å². The maximum atomic E-state index is 11.1. The van der Waals surface area contributed by atoms with Gasteiger partial charge in [-0.05, 0) is 57.1 Å². The van der Waals surface area contributed by atoms with E-state index in [1.807, 2.05) is 6.07 Å². The molecule has 1 N–H and O–H groups in total. The van der Waals surface area contributed by atoms with Gasteiger partial charge < -0.3 is 9.67 Å². The predicted molar refractivity (Wildman–Crippen MR) is 88.3 cm³/mol. The molecule has 0 spiro atoms. The maximum Gasteiger partial charge on any atom is 0.335 e. The third-order valence-electron chi connectivity index (χ3n) is 4.63. The first-order valence-electron chi connectivity index (χ1n) is 8.27. The van der Waals surface area contributed by atoms with Crippen molar-refractivity contribution in [3.05, 3.63) is 35.5 Å². The molecule has 118 valence electrons. The minimum atomic E-state index is -0.861. The van der Waals surface area contributed by atoms with Crippen molar-refractivity contribution in [2.24, 2.45) is 0 Å². The van der Waals surface area contributed by atoms with E-state index in [0.29, 0.717) is 5.56 Å². The third-order valence-corrected chi connectivity index (χ3v) is 4.63. The van der Waals surface area contributed by atoms with Crippen molar-refractivity contribution in [1.29, 1.82) is 0 Å². The molecule has 0 atom stereocenters. The van der Waals surface area contributed by atoms with E-state index in [1.54, 1.807) is 12.1 Å². The van der Waals surface area contributed by atoms with Crippen molar-refractivity contribution in [2.45, 2.75) is 45.7 Å². The van der Waals surface area contributed by atoms with Gasteiger partial charge in [0.1, 0.15) is 0 Å². The van der Waals surface area contributed by atoms with Crippen molar-refractivity contribution in [1.82, 2.24) is 9.47 Å². The van der Waals surface area contributed by atoms with Crippen LogP contribution in [0.5, 0.6) is 0 Å². The lowest BCUT2D eigenvalue weighted by atomic mass is 10.1. The standard InChI is InChI=1S/C18H24N2O2/c1-2-20-16(13-19-9-5-3-4-6-10-19)12-15-11-14(18(21)22)7-8-17(15)20/h7-8,11-12H,2-6,9-10,13H2,1H3,(H,21,22). The molecule has 1 aliphatic heterocycles. The van der Waals surface area contributed by atoms with Crippen molar-refractivity contribution in [3.63, 3.8) is 0 Å². The van der Waals surface area contributed by atoms with Crippen LogP contribution in [0.2, 0.25) is 0 Å². The number of fused-ring (bicyclic) bond motifs is 1. The van der Waals surface area contributed by atoms with E-state index < -0.39 is 5.97 Å². The second-order valence-electron chi connectivity index (χ2n) is 6.15. The Labute approximate surface area is 131 Å². The molecule has 1 fully saturated rings.